The lowest BCUT2D eigenvalue weighted by Crippen LogP contribution is -2.21. The van der Waals surface area contributed by atoms with Gasteiger partial charge < -0.3 is 10.0 Å². The van der Waals surface area contributed by atoms with Crippen molar-refractivity contribution in [3.05, 3.63) is 18.0 Å². The van der Waals surface area contributed by atoms with Crippen LogP contribution >= 0.6 is 0 Å². The Morgan fingerprint density at radius 1 is 1.29 bits per heavy atom. The molecule has 0 unspecified atom stereocenters. The monoisotopic (exact) mass is 235 g/mol. The molecule has 1 aromatic rings. The van der Waals surface area contributed by atoms with Crippen LogP contribution in [0.3, 0.4) is 0 Å². The molecule has 1 aromatic heterocycles. The molecule has 1 aliphatic rings. The van der Waals surface area contributed by atoms with Crippen molar-refractivity contribution in [1.82, 2.24) is 9.97 Å². The molecule has 0 aliphatic heterocycles. The number of aromatic nitrogens is 2. The summed E-state index contributed by atoms with van der Waals surface area (Å²) in [7, 11) is 1.96. The molecule has 1 saturated carbocycles. The zero-order valence-corrected chi connectivity index (χ0v) is 10.5. The summed E-state index contributed by atoms with van der Waals surface area (Å²) in [5, 5.41) is 8.78. The molecule has 4 heteroatoms. The average Bonchev–Trinajstić information content (AvgIpc) is 2.90. The van der Waals surface area contributed by atoms with Crippen LogP contribution in [0.5, 0.6) is 0 Å². The van der Waals surface area contributed by atoms with E-state index in [2.05, 4.69) is 9.97 Å². The van der Waals surface area contributed by atoms with Gasteiger partial charge in [0.2, 0.25) is 5.95 Å². The van der Waals surface area contributed by atoms with E-state index in [9.17, 15) is 0 Å². The summed E-state index contributed by atoms with van der Waals surface area (Å²) in [6, 6.07) is 0. The summed E-state index contributed by atoms with van der Waals surface area (Å²) in [5.74, 6) is 1.42. The first-order valence-electron chi connectivity index (χ1n) is 6.45. The maximum absolute atomic E-state index is 8.78. The van der Waals surface area contributed by atoms with Gasteiger partial charge in [0.15, 0.2) is 0 Å². The van der Waals surface area contributed by atoms with Crippen molar-refractivity contribution in [3.8, 4) is 0 Å². The highest BCUT2D eigenvalue weighted by atomic mass is 16.3. The van der Waals surface area contributed by atoms with Gasteiger partial charge in [0, 0.05) is 32.6 Å². The fourth-order valence-electron chi connectivity index (χ4n) is 2.41. The number of aliphatic hydroxyl groups is 1. The molecule has 1 heterocycles. The topological polar surface area (TPSA) is 49.2 Å². The molecule has 4 nitrogen and oxygen atoms in total. The second kappa shape index (κ2) is 5.96. The van der Waals surface area contributed by atoms with Crippen molar-refractivity contribution in [2.24, 2.45) is 0 Å². The average molecular weight is 235 g/mol. The number of anilines is 1. The Hall–Kier alpha value is -1.16. The van der Waals surface area contributed by atoms with E-state index in [1.807, 2.05) is 24.3 Å². The zero-order chi connectivity index (χ0) is 12.1. The summed E-state index contributed by atoms with van der Waals surface area (Å²) >= 11 is 0. The van der Waals surface area contributed by atoms with Gasteiger partial charge in [0.05, 0.1) is 0 Å². The van der Waals surface area contributed by atoms with Crippen LogP contribution in [0.4, 0.5) is 5.95 Å². The molecule has 0 spiro atoms. The Morgan fingerprint density at radius 3 is 2.53 bits per heavy atom. The highest BCUT2D eigenvalue weighted by Gasteiger charge is 2.17. The third-order valence-corrected chi connectivity index (χ3v) is 3.48. The first kappa shape index (κ1) is 12.3. The third kappa shape index (κ3) is 3.16. The minimum atomic E-state index is 0.213. The van der Waals surface area contributed by atoms with Gasteiger partial charge in [-0.15, -0.1) is 0 Å². The van der Waals surface area contributed by atoms with E-state index in [0.717, 1.165) is 18.9 Å². The minimum absolute atomic E-state index is 0.213. The van der Waals surface area contributed by atoms with Gasteiger partial charge in [0.1, 0.15) is 0 Å². The summed E-state index contributed by atoms with van der Waals surface area (Å²) in [6.07, 6.45) is 9.92. The Bertz CT molecular complexity index is 333. The van der Waals surface area contributed by atoms with Crippen LogP contribution in [0.15, 0.2) is 12.4 Å². The van der Waals surface area contributed by atoms with Crippen molar-refractivity contribution in [2.75, 3.05) is 25.1 Å². The first-order chi connectivity index (χ1) is 8.31. The Labute approximate surface area is 103 Å². The van der Waals surface area contributed by atoms with E-state index in [1.54, 1.807) is 0 Å². The second-order valence-corrected chi connectivity index (χ2v) is 4.80. The smallest absolute Gasteiger partial charge is 0.224 e. The van der Waals surface area contributed by atoms with Crippen LogP contribution in [0.1, 0.15) is 43.6 Å². The lowest BCUT2D eigenvalue weighted by atomic mass is 10.0. The lowest BCUT2D eigenvalue weighted by molar-refractivity contribution is 0.290. The number of rotatable bonds is 5. The SMILES string of the molecule is CN(CCCO)c1ncc(C2CCCC2)cn1. The molecule has 0 radical (unpaired) electrons. The van der Waals surface area contributed by atoms with Gasteiger partial charge >= 0.3 is 0 Å². The van der Waals surface area contributed by atoms with Crippen LogP contribution in [0.2, 0.25) is 0 Å². The molecule has 0 bridgehead atoms. The van der Waals surface area contributed by atoms with Gasteiger partial charge in [-0.05, 0) is 30.7 Å². The van der Waals surface area contributed by atoms with Crippen LogP contribution < -0.4 is 4.90 Å². The third-order valence-electron chi connectivity index (χ3n) is 3.48. The molecule has 17 heavy (non-hydrogen) atoms. The van der Waals surface area contributed by atoms with Crippen molar-refractivity contribution >= 4 is 5.95 Å². The quantitative estimate of drug-likeness (QED) is 0.847. The van der Waals surface area contributed by atoms with E-state index in [-0.39, 0.29) is 6.61 Å². The first-order valence-corrected chi connectivity index (χ1v) is 6.45. The number of nitrogens with zero attached hydrogens (tertiary/aromatic N) is 3. The standard InChI is InChI=1S/C13H21N3O/c1-16(7-4-8-17)13-14-9-12(10-15-13)11-5-2-3-6-11/h9-11,17H,2-8H2,1H3. The molecule has 0 amide bonds. The van der Waals surface area contributed by atoms with Crippen LogP contribution in [0, 0.1) is 0 Å². The maximum Gasteiger partial charge on any atom is 0.224 e. The fraction of sp³-hybridized carbons (Fsp3) is 0.692. The van der Waals surface area contributed by atoms with Crippen LogP contribution in [0.25, 0.3) is 0 Å². The summed E-state index contributed by atoms with van der Waals surface area (Å²) < 4.78 is 0. The van der Waals surface area contributed by atoms with Gasteiger partial charge in [-0.25, -0.2) is 9.97 Å². The van der Waals surface area contributed by atoms with Crippen molar-refractivity contribution in [2.45, 2.75) is 38.0 Å². The van der Waals surface area contributed by atoms with Gasteiger partial charge in [-0.3, -0.25) is 0 Å². The highest BCUT2D eigenvalue weighted by Crippen LogP contribution is 2.33. The molecule has 1 aliphatic carbocycles. The molecule has 0 aromatic carbocycles. The molecule has 0 atom stereocenters. The Kier molecular flexibility index (Phi) is 4.31. The van der Waals surface area contributed by atoms with E-state index in [4.69, 9.17) is 5.11 Å². The van der Waals surface area contributed by atoms with E-state index >= 15 is 0 Å². The second-order valence-electron chi connectivity index (χ2n) is 4.80. The molecule has 1 N–H and O–H groups in total. The zero-order valence-electron chi connectivity index (χ0n) is 10.5. The number of aliphatic hydroxyl groups excluding tert-OH is 1. The van der Waals surface area contributed by atoms with Gasteiger partial charge in [0.25, 0.3) is 0 Å². The van der Waals surface area contributed by atoms with Crippen molar-refractivity contribution in [1.29, 1.82) is 0 Å². The molecular formula is C13H21N3O. The molecular weight excluding hydrogens is 214 g/mol. The number of hydrogen-bond donors (Lipinski definition) is 1. The van der Waals surface area contributed by atoms with E-state index < -0.39 is 0 Å². The summed E-state index contributed by atoms with van der Waals surface area (Å²) in [5.41, 5.74) is 1.28. The lowest BCUT2D eigenvalue weighted by Gasteiger charge is -2.17. The normalized spacial score (nSPS) is 16.4. The summed E-state index contributed by atoms with van der Waals surface area (Å²) in [4.78, 5) is 10.8. The van der Waals surface area contributed by atoms with Crippen LogP contribution in [-0.2, 0) is 0 Å². The molecule has 0 saturated heterocycles. The predicted octanol–water partition coefficient (Wildman–Crippen LogP) is 1.95. The molecule has 1 fully saturated rings. The minimum Gasteiger partial charge on any atom is -0.396 e. The van der Waals surface area contributed by atoms with E-state index in [0.29, 0.717) is 5.92 Å². The number of hydrogen-bond acceptors (Lipinski definition) is 4. The Balaban J connectivity index is 1.96. The molecule has 94 valence electrons. The van der Waals surface area contributed by atoms with Gasteiger partial charge in [-0.1, -0.05) is 12.8 Å². The van der Waals surface area contributed by atoms with Crippen molar-refractivity contribution < 1.29 is 5.11 Å². The summed E-state index contributed by atoms with van der Waals surface area (Å²) in [6.45, 7) is 1.00. The van der Waals surface area contributed by atoms with Crippen molar-refractivity contribution in [3.63, 3.8) is 0 Å². The maximum atomic E-state index is 8.78. The highest BCUT2D eigenvalue weighted by molar-refractivity contribution is 5.29. The predicted molar refractivity (Wildman–Crippen MR) is 68.2 cm³/mol. The fourth-order valence-corrected chi connectivity index (χ4v) is 2.41. The Morgan fingerprint density at radius 2 is 1.94 bits per heavy atom. The van der Waals surface area contributed by atoms with Crippen LogP contribution in [-0.4, -0.2) is 35.3 Å². The largest absolute Gasteiger partial charge is 0.396 e. The van der Waals surface area contributed by atoms with E-state index in [1.165, 1.54) is 31.2 Å². The molecule has 2 rings (SSSR count). The van der Waals surface area contributed by atoms with Gasteiger partial charge in [-0.2, -0.15) is 0 Å².